The molecule has 0 aromatic heterocycles. The maximum Gasteiger partial charge on any atom is 0.272 e. The first-order valence-corrected chi connectivity index (χ1v) is 6.79. The molecule has 114 valence electrons. The second-order valence-electron chi connectivity index (χ2n) is 5.35. The smallest absolute Gasteiger partial charge is 0.272 e. The fourth-order valence-electron chi connectivity index (χ4n) is 2.56. The molecule has 1 aromatic rings. The van der Waals surface area contributed by atoms with Crippen LogP contribution < -0.4 is 0 Å². The summed E-state index contributed by atoms with van der Waals surface area (Å²) in [4.78, 5) is 23.8. The molecule has 1 heterocycles. The number of nitro benzene ring substituents is 1. The summed E-state index contributed by atoms with van der Waals surface area (Å²) >= 11 is 0. The lowest BCUT2D eigenvalue weighted by Crippen LogP contribution is -2.46. The van der Waals surface area contributed by atoms with Crippen molar-refractivity contribution in [2.45, 2.75) is 25.8 Å². The first-order valence-electron chi connectivity index (χ1n) is 6.79. The van der Waals surface area contributed by atoms with Crippen LogP contribution in [0.4, 0.5) is 10.1 Å². The Labute approximate surface area is 121 Å². The Bertz CT molecular complexity index is 564. The third kappa shape index (κ3) is 3.18. The van der Waals surface area contributed by atoms with Crippen LogP contribution >= 0.6 is 0 Å². The molecule has 0 radical (unpaired) electrons. The molecule has 1 N–H and O–H groups in total. The summed E-state index contributed by atoms with van der Waals surface area (Å²) < 4.78 is 13.9. The molecular weight excluding hydrogens is 279 g/mol. The van der Waals surface area contributed by atoms with Gasteiger partial charge in [0, 0.05) is 25.3 Å². The van der Waals surface area contributed by atoms with Crippen LogP contribution in [-0.2, 0) is 0 Å². The van der Waals surface area contributed by atoms with Gasteiger partial charge in [0.25, 0.3) is 11.6 Å². The number of benzene rings is 1. The number of halogens is 1. The summed E-state index contributed by atoms with van der Waals surface area (Å²) in [5, 5.41) is 19.8. The zero-order chi connectivity index (χ0) is 15.6. The number of hydrogen-bond donors (Lipinski definition) is 1. The molecule has 2 unspecified atom stereocenters. The van der Waals surface area contributed by atoms with Gasteiger partial charge in [0.05, 0.1) is 16.6 Å². The molecule has 1 aromatic carbocycles. The molecule has 2 rings (SSSR count). The van der Waals surface area contributed by atoms with Gasteiger partial charge in [-0.2, -0.15) is 0 Å². The van der Waals surface area contributed by atoms with Crippen LogP contribution in [0.3, 0.4) is 0 Å². The quantitative estimate of drug-likeness (QED) is 0.682. The third-order valence-corrected chi connectivity index (χ3v) is 3.89. The maximum absolute atomic E-state index is 13.9. The van der Waals surface area contributed by atoms with Gasteiger partial charge in [0.2, 0.25) is 0 Å². The zero-order valence-corrected chi connectivity index (χ0v) is 11.7. The Morgan fingerprint density at radius 1 is 1.52 bits per heavy atom. The number of carbonyl (C=O) groups excluding carboxylic acids is 1. The Balaban J connectivity index is 2.24. The van der Waals surface area contributed by atoms with E-state index >= 15 is 0 Å². The largest absolute Gasteiger partial charge is 0.396 e. The monoisotopic (exact) mass is 296 g/mol. The second kappa shape index (κ2) is 6.17. The van der Waals surface area contributed by atoms with Crippen molar-refractivity contribution in [3.8, 4) is 0 Å². The molecule has 6 nitrogen and oxygen atoms in total. The Morgan fingerprint density at radius 2 is 2.24 bits per heavy atom. The molecule has 1 fully saturated rings. The van der Waals surface area contributed by atoms with Crippen molar-refractivity contribution in [2.24, 2.45) is 5.92 Å². The number of amides is 1. The van der Waals surface area contributed by atoms with Crippen LogP contribution in [-0.4, -0.2) is 40.0 Å². The minimum absolute atomic E-state index is 0.00809. The predicted octanol–water partition coefficient (Wildman–Crippen LogP) is 1.97. The van der Waals surface area contributed by atoms with E-state index in [0.717, 1.165) is 31.0 Å². The number of rotatable bonds is 3. The molecule has 1 aliphatic rings. The molecular formula is C14H17FN2O4. The van der Waals surface area contributed by atoms with Crippen LogP contribution in [0.15, 0.2) is 18.2 Å². The van der Waals surface area contributed by atoms with E-state index < -0.39 is 16.6 Å². The van der Waals surface area contributed by atoms with E-state index in [9.17, 15) is 24.4 Å². The lowest BCUT2D eigenvalue weighted by Gasteiger charge is -2.37. The number of hydrogen-bond acceptors (Lipinski definition) is 4. The highest BCUT2D eigenvalue weighted by molar-refractivity contribution is 5.95. The van der Waals surface area contributed by atoms with Gasteiger partial charge >= 0.3 is 0 Å². The number of aliphatic hydroxyl groups excluding tert-OH is 1. The lowest BCUT2D eigenvalue weighted by atomic mass is 9.93. The summed E-state index contributed by atoms with van der Waals surface area (Å²) in [7, 11) is 0. The van der Waals surface area contributed by atoms with E-state index in [0.29, 0.717) is 6.54 Å². The van der Waals surface area contributed by atoms with E-state index in [4.69, 9.17) is 0 Å². The number of carbonyl (C=O) groups is 1. The Morgan fingerprint density at radius 3 is 2.81 bits per heavy atom. The van der Waals surface area contributed by atoms with E-state index in [1.54, 1.807) is 0 Å². The van der Waals surface area contributed by atoms with Crippen molar-refractivity contribution in [3.05, 3.63) is 39.7 Å². The standard InChI is InChI=1S/C14H17FN2O4/c1-9-2-3-10(8-18)7-16(9)14(19)12-5-4-11(17(20)21)6-13(12)15/h4-6,9-10,18H,2-3,7-8H2,1H3. The highest BCUT2D eigenvalue weighted by atomic mass is 19.1. The first-order chi connectivity index (χ1) is 9.93. The van der Waals surface area contributed by atoms with Crippen LogP contribution in [0.5, 0.6) is 0 Å². The van der Waals surface area contributed by atoms with Crippen molar-refractivity contribution >= 4 is 11.6 Å². The molecule has 0 saturated carbocycles. The highest BCUT2D eigenvalue weighted by Crippen LogP contribution is 2.25. The van der Waals surface area contributed by atoms with Crippen LogP contribution in [0.25, 0.3) is 0 Å². The molecule has 0 aliphatic carbocycles. The van der Waals surface area contributed by atoms with Crippen molar-refractivity contribution in [1.29, 1.82) is 0 Å². The fourth-order valence-corrected chi connectivity index (χ4v) is 2.56. The van der Waals surface area contributed by atoms with Gasteiger partial charge in [-0.15, -0.1) is 0 Å². The van der Waals surface area contributed by atoms with E-state index in [1.165, 1.54) is 4.90 Å². The average molecular weight is 296 g/mol. The number of non-ortho nitro benzene ring substituents is 1. The Kier molecular flexibility index (Phi) is 4.52. The van der Waals surface area contributed by atoms with Gasteiger partial charge in [-0.25, -0.2) is 4.39 Å². The minimum atomic E-state index is -0.896. The van der Waals surface area contributed by atoms with Crippen LogP contribution in [0.2, 0.25) is 0 Å². The number of nitro groups is 1. The normalized spacial score (nSPS) is 22.1. The predicted molar refractivity (Wildman–Crippen MR) is 73.4 cm³/mol. The molecule has 7 heteroatoms. The van der Waals surface area contributed by atoms with Gasteiger partial charge in [-0.3, -0.25) is 14.9 Å². The van der Waals surface area contributed by atoms with Crippen molar-refractivity contribution in [2.75, 3.05) is 13.2 Å². The summed E-state index contributed by atoms with van der Waals surface area (Å²) in [6.07, 6.45) is 1.57. The van der Waals surface area contributed by atoms with E-state index in [-0.39, 0.29) is 29.8 Å². The van der Waals surface area contributed by atoms with Crippen molar-refractivity contribution in [3.63, 3.8) is 0 Å². The summed E-state index contributed by atoms with van der Waals surface area (Å²) in [5.41, 5.74) is -0.560. The second-order valence-corrected chi connectivity index (χ2v) is 5.35. The molecule has 0 spiro atoms. The van der Waals surface area contributed by atoms with E-state index in [1.807, 2.05) is 6.92 Å². The lowest BCUT2D eigenvalue weighted by molar-refractivity contribution is -0.385. The van der Waals surface area contributed by atoms with E-state index in [2.05, 4.69) is 0 Å². The first kappa shape index (κ1) is 15.4. The molecule has 1 saturated heterocycles. The maximum atomic E-state index is 13.9. The fraction of sp³-hybridized carbons (Fsp3) is 0.500. The number of piperidine rings is 1. The van der Waals surface area contributed by atoms with Crippen molar-refractivity contribution in [1.82, 2.24) is 4.90 Å². The number of nitrogens with zero attached hydrogens (tertiary/aromatic N) is 2. The third-order valence-electron chi connectivity index (χ3n) is 3.89. The summed E-state index contributed by atoms with van der Waals surface area (Å²) in [6, 6.07) is 2.97. The van der Waals surface area contributed by atoms with Gasteiger partial charge in [0.15, 0.2) is 0 Å². The SMILES string of the molecule is CC1CCC(CO)CN1C(=O)c1ccc([N+](=O)[O-])cc1F. The zero-order valence-electron chi connectivity index (χ0n) is 11.7. The minimum Gasteiger partial charge on any atom is -0.396 e. The van der Waals surface area contributed by atoms with Gasteiger partial charge in [-0.05, 0) is 31.7 Å². The van der Waals surface area contributed by atoms with Gasteiger partial charge < -0.3 is 10.0 Å². The average Bonchev–Trinajstić information content (AvgIpc) is 2.47. The molecule has 21 heavy (non-hydrogen) atoms. The van der Waals surface area contributed by atoms with Gasteiger partial charge in [-0.1, -0.05) is 0 Å². The van der Waals surface area contributed by atoms with Gasteiger partial charge in [0.1, 0.15) is 5.82 Å². The van der Waals surface area contributed by atoms with Crippen LogP contribution in [0, 0.1) is 21.8 Å². The molecule has 1 amide bonds. The van der Waals surface area contributed by atoms with Crippen molar-refractivity contribution < 1.29 is 19.2 Å². The molecule has 1 aliphatic heterocycles. The molecule has 0 bridgehead atoms. The number of aliphatic hydroxyl groups is 1. The Hall–Kier alpha value is -2.02. The highest BCUT2D eigenvalue weighted by Gasteiger charge is 2.30. The summed E-state index contributed by atoms with van der Waals surface area (Å²) in [5.74, 6) is -1.40. The van der Waals surface area contributed by atoms with Crippen LogP contribution in [0.1, 0.15) is 30.1 Å². The molecule has 2 atom stereocenters. The summed E-state index contributed by atoms with van der Waals surface area (Å²) in [6.45, 7) is 2.22. The topological polar surface area (TPSA) is 83.7 Å². The number of likely N-dealkylation sites (tertiary alicyclic amines) is 1.